The summed E-state index contributed by atoms with van der Waals surface area (Å²) >= 11 is 5.72. The van der Waals surface area contributed by atoms with E-state index in [9.17, 15) is 14.4 Å². The molecule has 10 nitrogen and oxygen atoms in total. The van der Waals surface area contributed by atoms with Gasteiger partial charge in [0.05, 0.1) is 11.6 Å². The van der Waals surface area contributed by atoms with E-state index in [0.29, 0.717) is 5.02 Å². The van der Waals surface area contributed by atoms with Crippen molar-refractivity contribution in [1.82, 2.24) is 19.7 Å². The van der Waals surface area contributed by atoms with Gasteiger partial charge in [0.1, 0.15) is 24.1 Å². The van der Waals surface area contributed by atoms with Crippen LogP contribution in [0, 0.1) is 0 Å². The quantitative estimate of drug-likeness (QED) is 0.657. The fourth-order valence-electron chi connectivity index (χ4n) is 2.12. The Bertz CT molecular complexity index is 1030. The number of nitrogens with zero attached hydrogens (tertiary/aromatic N) is 4. The van der Waals surface area contributed by atoms with Crippen molar-refractivity contribution in [2.75, 3.05) is 11.9 Å². The van der Waals surface area contributed by atoms with Gasteiger partial charge in [0.15, 0.2) is 0 Å². The molecule has 3 heterocycles. The van der Waals surface area contributed by atoms with Crippen molar-refractivity contribution in [1.29, 1.82) is 0 Å². The highest BCUT2D eigenvalue weighted by molar-refractivity contribution is 6.30. The summed E-state index contributed by atoms with van der Waals surface area (Å²) in [6, 6.07) is 3.08. The molecule has 0 saturated carbocycles. The second-order valence-corrected chi connectivity index (χ2v) is 5.46. The van der Waals surface area contributed by atoms with Crippen molar-refractivity contribution in [3.8, 4) is 0 Å². The molecular formula is C15H12ClN5O5. The average Bonchev–Trinajstić information content (AvgIpc) is 3.05. The summed E-state index contributed by atoms with van der Waals surface area (Å²) in [5.74, 6) is -1.05. The molecule has 134 valence electrons. The van der Waals surface area contributed by atoms with Crippen LogP contribution in [0.15, 0.2) is 34.0 Å². The molecule has 0 aromatic carbocycles. The topological polar surface area (TPSA) is 129 Å². The molecule has 3 aromatic heterocycles. The second kappa shape index (κ2) is 7.31. The molecule has 0 fully saturated rings. The number of nitrogens with one attached hydrogen (secondary N) is 1. The number of ether oxygens (including phenoxy) is 1. The number of hydrogen-bond acceptors (Lipinski definition) is 8. The van der Waals surface area contributed by atoms with Crippen LogP contribution in [0.5, 0.6) is 0 Å². The van der Waals surface area contributed by atoms with Crippen molar-refractivity contribution in [3.63, 3.8) is 0 Å². The molecule has 0 atom stereocenters. The predicted molar refractivity (Wildman–Crippen MR) is 89.9 cm³/mol. The van der Waals surface area contributed by atoms with Crippen LogP contribution in [-0.2, 0) is 16.1 Å². The van der Waals surface area contributed by atoms with Gasteiger partial charge in [-0.2, -0.15) is 0 Å². The van der Waals surface area contributed by atoms with Gasteiger partial charge in [-0.1, -0.05) is 16.8 Å². The van der Waals surface area contributed by atoms with Gasteiger partial charge in [-0.3, -0.25) is 14.2 Å². The molecular weight excluding hydrogens is 366 g/mol. The largest absolute Gasteiger partial charge is 0.461 e. The van der Waals surface area contributed by atoms with E-state index in [1.807, 2.05) is 0 Å². The summed E-state index contributed by atoms with van der Waals surface area (Å²) in [6.07, 6.45) is 2.50. The van der Waals surface area contributed by atoms with E-state index in [1.54, 1.807) is 13.0 Å². The van der Waals surface area contributed by atoms with Crippen molar-refractivity contribution in [2.45, 2.75) is 13.5 Å². The van der Waals surface area contributed by atoms with E-state index in [-0.39, 0.29) is 35.8 Å². The molecule has 26 heavy (non-hydrogen) atoms. The molecule has 0 aliphatic rings. The number of fused-ring (bicyclic) bond motifs is 1. The summed E-state index contributed by atoms with van der Waals surface area (Å²) in [5.41, 5.74) is -1.05. The van der Waals surface area contributed by atoms with Crippen LogP contribution in [-0.4, -0.2) is 38.2 Å². The van der Waals surface area contributed by atoms with Gasteiger partial charge in [-0.25, -0.2) is 14.8 Å². The van der Waals surface area contributed by atoms with Crippen molar-refractivity contribution in [2.24, 2.45) is 0 Å². The Balaban J connectivity index is 1.86. The Kier molecular flexibility index (Phi) is 4.94. The highest BCUT2D eigenvalue weighted by Gasteiger charge is 2.22. The summed E-state index contributed by atoms with van der Waals surface area (Å²) in [7, 11) is 0. The number of aromatic nitrogens is 4. The first-order chi connectivity index (χ1) is 12.5. The van der Waals surface area contributed by atoms with Crippen molar-refractivity contribution in [3.05, 3.63) is 45.7 Å². The minimum absolute atomic E-state index is 0.109. The van der Waals surface area contributed by atoms with E-state index in [1.165, 1.54) is 12.3 Å². The van der Waals surface area contributed by atoms with Crippen LogP contribution >= 0.6 is 11.6 Å². The number of hydrogen-bond donors (Lipinski definition) is 1. The van der Waals surface area contributed by atoms with Crippen LogP contribution < -0.4 is 10.9 Å². The normalized spacial score (nSPS) is 10.7. The Morgan fingerprint density at radius 2 is 2.15 bits per heavy atom. The first-order valence-corrected chi connectivity index (χ1v) is 7.80. The number of halogens is 1. The van der Waals surface area contributed by atoms with Crippen LogP contribution in [0.2, 0.25) is 5.02 Å². The average molecular weight is 378 g/mol. The summed E-state index contributed by atoms with van der Waals surface area (Å²) in [5, 5.41) is 6.31. The van der Waals surface area contributed by atoms with Crippen LogP contribution in [0.1, 0.15) is 17.4 Å². The third kappa shape index (κ3) is 3.54. The number of pyridine rings is 1. The lowest BCUT2D eigenvalue weighted by Gasteiger charge is -2.06. The van der Waals surface area contributed by atoms with Gasteiger partial charge < -0.3 is 14.6 Å². The lowest BCUT2D eigenvalue weighted by atomic mass is 10.3. The maximum atomic E-state index is 12.6. The molecule has 0 radical (unpaired) electrons. The molecule has 1 amide bonds. The zero-order chi connectivity index (χ0) is 18.7. The lowest BCUT2D eigenvalue weighted by molar-refractivity contribution is -0.116. The molecule has 3 rings (SSSR count). The summed E-state index contributed by atoms with van der Waals surface area (Å²) < 4.78 is 10.7. The molecule has 0 aliphatic heterocycles. The van der Waals surface area contributed by atoms with Gasteiger partial charge in [-0.05, 0) is 19.1 Å². The molecule has 0 saturated heterocycles. The van der Waals surface area contributed by atoms with Crippen LogP contribution in [0.25, 0.3) is 11.1 Å². The third-order valence-corrected chi connectivity index (χ3v) is 3.46. The van der Waals surface area contributed by atoms with Gasteiger partial charge in [0.25, 0.3) is 11.3 Å². The minimum Gasteiger partial charge on any atom is -0.461 e. The standard InChI is InChI=1S/C15H12ClN5O5/c1-2-25-15(24)12-11-13(26-20-12)18-7-21(14(11)23)6-10(22)19-9-4-3-8(16)5-17-9/h3-5,7H,2,6H2,1H3,(H,17,19,22). The first-order valence-electron chi connectivity index (χ1n) is 7.43. The fourth-order valence-corrected chi connectivity index (χ4v) is 2.23. The van der Waals surface area contributed by atoms with E-state index >= 15 is 0 Å². The van der Waals surface area contributed by atoms with Crippen molar-refractivity contribution >= 4 is 40.4 Å². The number of carbonyl (C=O) groups excluding carboxylic acids is 2. The maximum absolute atomic E-state index is 12.6. The number of anilines is 1. The van der Waals surface area contributed by atoms with E-state index in [4.69, 9.17) is 20.9 Å². The molecule has 0 aliphatic carbocycles. The smallest absolute Gasteiger partial charge is 0.361 e. The third-order valence-electron chi connectivity index (χ3n) is 3.24. The zero-order valence-corrected chi connectivity index (χ0v) is 14.2. The van der Waals surface area contributed by atoms with Gasteiger partial charge >= 0.3 is 5.97 Å². The SMILES string of the molecule is CCOC(=O)c1noc2ncn(CC(=O)Nc3ccc(Cl)cn3)c(=O)c12. The molecule has 3 aromatic rings. The molecule has 11 heteroatoms. The van der Waals surface area contributed by atoms with Gasteiger partial charge in [0.2, 0.25) is 11.6 Å². The van der Waals surface area contributed by atoms with Crippen molar-refractivity contribution < 1.29 is 18.8 Å². The second-order valence-electron chi connectivity index (χ2n) is 5.02. The number of amides is 1. The molecule has 0 spiro atoms. The predicted octanol–water partition coefficient (Wildman–Crippen LogP) is 1.25. The Morgan fingerprint density at radius 3 is 2.85 bits per heavy atom. The van der Waals surface area contributed by atoms with Crippen LogP contribution in [0.3, 0.4) is 0 Å². The number of esters is 1. The zero-order valence-electron chi connectivity index (χ0n) is 13.4. The maximum Gasteiger partial charge on any atom is 0.361 e. The Labute approximate surface area is 150 Å². The number of carbonyl (C=O) groups is 2. The fraction of sp³-hybridized carbons (Fsp3) is 0.200. The van der Waals surface area contributed by atoms with Crippen LogP contribution in [0.4, 0.5) is 5.82 Å². The van der Waals surface area contributed by atoms with Gasteiger partial charge in [0, 0.05) is 6.20 Å². The minimum atomic E-state index is -0.808. The first kappa shape index (κ1) is 17.5. The summed E-state index contributed by atoms with van der Waals surface area (Å²) in [6.45, 7) is 1.38. The monoisotopic (exact) mass is 377 g/mol. The molecule has 0 unspecified atom stereocenters. The van der Waals surface area contributed by atoms with E-state index < -0.39 is 17.4 Å². The number of rotatable bonds is 5. The van der Waals surface area contributed by atoms with E-state index in [2.05, 4.69) is 20.4 Å². The molecule has 0 bridgehead atoms. The Morgan fingerprint density at radius 1 is 1.35 bits per heavy atom. The highest BCUT2D eigenvalue weighted by atomic mass is 35.5. The molecule has 1 N–H and O–H groups in total. The Hall–Kier alpha value is -3.27. The van der Waals surface area contributed by atoms with E-state index in [0.717, 1.165) is 10.9 Å². The summed E-state index contributed by atoms with van der Waals surface area (Å²) in [4.78, 5) is 44.3. The highest BCUT2D eigenvalue weighted by Crippen LogP contribution is 2.13. The lowest BCUT2D eigenvalue weighted by Crippen LogP contribution is -2.28. The van der Waals surface area contributed by atoms with Gasteiger partial charge in [-0.15, -0.1) is 0 Å².